The molecule has 0 saturated heterocycles. The third kappa shape index (κ3) is 13.3. The fourth-order valence-corrected chi connectivity index (χ4v) is 3.77. The Morgan fingerprint density at radius 2 is 1.43 bits per heavy atom. The maximum Gasteiger partial charge on any atom is 0.508 e. The summed E-state index contributed by atoms with van der Waals surface area (Å²) in [5, 5.41) is 12.7. The molecule has 0 bridgehead atoms. The number of benzene rings is 1. The van der Waals surface area contributed by atoms with Crippen LogP contribution in [0.2, 0.25) is 0 Å². The zero-order valence-corrected chi connectivity index (χ0v) is 25.0. The number of carbonyl (C=O) groups is 4. The molecule has 1 aromatic carbocycles. The van der Waals surface area contributed by atoms with E-state index >= 15 is 0 Å². The number of rotatable bonds is 18. The summed E-state index contributed by atoms with van der Waals surface area (Å²) in [7, 11) is 0. The topological polar surface area (TPSA) is 137 Å². The smallest absolute Gasteiger partial charge is 0.480 e. The molecule has 0 aliphatic heterocycles. The highest BCUT2D eigenvalue weighted by molar-refractivity contribution is 5.78. The molecule has 4 atom stereocenters. The van der Waals surface area contributed by atoms with E-state index in [1.54, 1.807) is 26.8 Å². The SMILES string of the molecule is CCCC(C)C(=O)Oc1ccc(C[C@H](NCC(C)OC(=O)OCCC(C)C)C(=O)O)cc1OC(=O)C(C)CCC. The molecule has 2 N–H and O–H groups in total. The van der Waals surface area contributed by atoms with Crippen LogP contribution in [0.3, 0.4) is 0 Å². The Morgan fingerprint density at radius 1 is 0.850 bits per heavy atom. The van der Waals surface area contributed by atoms with E-state index in [1.807, 2.05) is 27.7 Å². The van der Waals surface area contributed by atoms with Gasteiger partial charge in [-0.15, -0.1) is 0 Å². The largest absolute Gasteiger partial charge is 0.508 e. The first kappa shape index (κ1) is 34.9. The Labute approximate surface area is 238 Å². The predicted octanol–water partition coefficient (Wildman–Crippen LogP) is 5.54. The van der Waals surface area contributed by atoms with Crippen LogP contribution in [0.1, 0.15) is 86.1 Å². The average molecular weight is 566 g/mol. The van der Waals surface area contributed by atoms with Crippen LogP contribution in [-0.2, 0) is 30.3 Å². The monoisotopic (exact) mass is 565 g/mol. The summed E-state index contributed by atoms with van der Waals surface area (Å²) >= 11 is 0. The van der Waals surface area contributed by atoms with Crippen molar-refractivity contribution in [2.75, 3.05) is 13.2 Å². The number of ether oxygens (including phenoxy) is 4. The summed E-state index contributed by atoms with van der Waals surface area (Å²) in [6.07, 6.45) is 2.24. The molecule has 1 rings (SSSR count). The van der Waals surface area contributed by atoms with E-state index in [9.17, 15) is 24.3 Å². The molecule has 40 heavy (non-hydrogen) atoms. The van der Waals surface area contributed by atoms with E-state index in [-0.39, 0.29) is 42.9 Å². The number of hydrogen-bond acceptors (Lipinski definition) is 9. The summed E-state index contributed by atoms with van der Waals surface area (Å²) in [5.41, 5.74) is 0.550. The molecule has 0 heterocycles. The van der Waals surface area contributed by atoms with Crippen molar-refractivity contribution in [2.24, 2.45) is 17.8 Å². The second-order valence-corrected chi connectivity index (χ2v) is 10.7. The van der Waals surface area contributed by atoms with Crippen LogP contribution in [0, 0.1) is 17.8 Å². The van der Waals surface area contributed by atoms with Crippen molar-refractivity contribution in [1.29, 1.82) is 0 Å². The molecule has 0 radical (unpaired) electrons. The lowest BCUT2D eigenvalue weighted by Gasteiger charge is -2.20. The summed E-state index contributed by atoms with van der Waals surface area (Å²) in [6, 6.07) is 3.64. The van der Waals surface area contributed by atoms with E-state index in [0.717, 1.165) is 12.8 Å². The number of hydrogen-bond donors (Lipinski definition) is 2. The molecule has 0 saturated carbocycles. The van der Waals surface area contributed by atoms with E-state index in [2.05, 4.69) is 5.32 Å². The van der Waals surface area contributed by atoms with Gasteiger partial charge in [-0.05, 0) is 56.2 Å². The quantitative estimate of drug-likeness (QED) is 0.172. The number of carboxylic acids is 1. The average Bonchev–Trinajstić information content (AvgIpc) is 2.87. The van der Waals surface area contributed by atoms with Crippen molar-refractivity contribution in [3.63, 3.8) is 0 Å². The molecule has 226 valence electrons. The Morgan fingerprint density at radius 3 is 1.95 bits per heavy atom. The van der Waals surface area contributed by atoms with Crippen LogP contribution >= 0.6 is 0 Å². The third-order valence-electron chi connectivity index (χ3n) is 6.28. The normalized spacial score (nSPS) is 14.1. The number of esters is 2. The van der Waals surface area contributed by atoms with Crippen molar-refractivity contribution in [3.8, 4) is 11.5 Å². The fourth-order valence-electron chi connectivity index (χ4n) is 3.77. The Bertz CT molecular complexity index is 962. The Balaban J connectivity index is 2.97. The van der Waals surface area contributed by atoms with Gasteiger partial charge < -0.3 is 29.4 Å². The van der Waals surface area contributed by atoms with E-state index in [1.165, 1.54) is 12.1 Å². The first-order valence-electron chi connectivity index (χ1n) is 14.2. The Kier molecular flexibility index (Phi) is 15.9. The van der Waals surface area contributed by atoms with Crippen LogP contribution in [0.4, 0.5) is 4.79 Å². The summed E-state index contributed by atoms with van der Waals surface area (Å²) < 4.78 is 21.4. The van der Waals surface area contributed by atoms with Gasteiger partial charge in [-0.25, -0.2) is 4.79 Å². The lowest BCUT2D eigenvalue weighted by Crippen LogP contribution is -2.42. The lowest BCUT2D eigenvalue weighted by atomic mass is 10.0. The molecular formula is C30H47NO9. The van der Waals surface area contributed by atoms with Crippen LogP contribution in [0.5, 0.6) is 11.5 Å². The number of nitrogens with one attached hydrogen (secondary N) is 1. The van der Waals surface area contributed by atoms with Crippen LogP contribution in [0.25, 0.3) is 0 Å². The van der Waals surface area contributed by atoms with Gasteiger partial charge in [0.05, 0.1) is 18.4 Å². The first-order valence-corrected chi connectivity index (χ1v) is 14.2. The standard InChI is InChI=1S/C30H47NO9/c1-8-10-20(5)28(34)39-25-13-12-23(17-26(25)40-29(35)21(6)11-9-2)16-24(27(32)33)31-18-22(7)38-30(36)37-15-14-19(3)4/h12-13,17,19-22,24,31H,8-11,14-16,18H2,1-7H3,(H,32,33)/t20?,21?,22?,24-/m0/s1. The van der Waals surface area contributed by atoms with Gasteiger partial charge in [0.15, 0.2) is 11.5 Å². The molecule has 0 aliphatic rings. The molecule has 0 aliphatic carbocycles. The van der Waals surface area contributed by atoms with Gasteiger partial charge >= 0.3 is 24.1 Å². The van der Waals surface area contributed by atoms with Crippen molar-refractivity contribution < 1.29 is 43.2 Å². The first-order chi connectivity index (χ1) is 18.9. The van der Waals surface area contributed by atoms with Gasteiger partial charge in [0.25, 0.3) is 0 Å². The molecule has 0 spiro atoms. The highest BCUT2D eigenvalue weighted by atomic mass is 16.7. The number of carbonyl (C=O) groups excluding carboxylic acids is 3. The minimum absolute atomic E-state index is 0.0381. The minimum atomic E-state index is -1.11. The van der Waals surface area contributed by atoms with Crippen LogP contribution in [0.15, 0.2) is 18.2 Å². The zero-order valence-electron chi connectivity index (χ0n) is 25.0. The molecular weight excluding hydrogens is 518 g/mol. The molecule has 1 aromatic rings. The van der Waals surface area contributed by atoms with Gasteiger partial charge in [-0.3, -0.25) is 14.4 Å². The molecule has 0 aromatic heterocycles. The maximum absolute atomic E-state index is 12.7. The van der Waals surface area contributed by atoms with Crippen molar-refractivity contribution in [3.05, 3.63) is 23.8 Å². The minimum Gasteiger partial charge on any atom is -0.480 e. The lowest BCUT2D eigenvalue weighted by molar-refractivity contribution is -0.141. The van der Waals surface area contributed by atoms with E-state index < -0.39 is 36.2 Å². The highest BCUT2D eigenvalue weighted by Crippen LogP contribution is 2.31. The number of carboxylic acid groups (broad SMARTS) is 1. The number of aliphatic carboxylic acids is 1. The van der Waals surface area contributed by atoms with Gasteiger partial charge in [0.1, 0.15) is 12.1 Å². The second-order valence-electron chi connectivity index (χ2n) is 10.7. The van der Waals surface area contributed by atoms with Crippen LogP contribution in [-0.4, -0.2) is 54.5 Å². The van der Waals surface area contributed by atoms with Gasteiger partial charge in [0, 0.05) is 6.54 Å². The third-order valence-corrected chi connectivity index (χ3v) is 6.28. The van der Waals surface area contributed by atoms with Crippen LogP contribution < -0.4 is 14.8 Å². The van der Waals surface area contributed by atoms with E-state index in [4.69, 9.17) is 18.9 Å². The van der Waals surface area contributed by atoms with Crippen molar-refractivity contribution >= 4 is 24.1 Å². The maximum atomic E-state index is 12.7. The molecule has 10 nitrogen and oxygen atoms in total. The van der Waals surface area contributed by atoms with Crippen molar-refractivity contribution in [2.45, 2.75) is 99.1 Å². The van der Waals surface area contributed by atoms with E-state index in [0.29, 0.717) is 30.7 Å². The van der Waals surface area contributed by atoms with Gasteiger partial charge in [-0.1, -0.05) is 60.5 Å². The van der Waals surface area contributed by atoms with Crippen molar-refractivity contribution in [1.82, 2.24) is 5.32 Å². The highest BCUT2D eigenvalue weighted by Gasteiger charge is 2.24. The second kappa shape index (κ2) is 18.3. The summed E-state index contributed by atoms with van der Waals surface area (Å²) in [5.74, 6) is -2.14. The summed E-state index contributed by atoms with van der Waals surface area (Å²) in [4.78, 5) is 49.0. The zero-order chi connectivity index (χ0) is 30.2. The Hall–Kier alpha value is -3.14. The van der Waals surface area contributed by atoms with Gasteiger partial charge in [0.2, 0.25) is 0 Å². The predicted molar refractivity (Wildman–Crippen MR) is 150 cm³/mol. The molecule has 10 heteroatoms. The molecule has 3 unspecified atom stereocenters. The summed E-state index contributed by atoms with van der Waals surface area (Å²) in [6.45, 7) is 13.5. The molecule has 0 fully saturated rings. The fraction of sp³-hybridized carbons (Fsp3) is 0.667. The van der Waals surface area contributed by atoms with Gasteiger partial charge in [-0.2, -0.15) is 0 Å². The molecule has 0 amide bonds.